The Morgan fingerprint density at radius 3 is 2.88 bits per heavy atom. The highest BCUT2D eigenvalue weighted by Gasteiger charge is 2.21. The van der Waals surface area contributed by atoms with Crippen LogP contribution in [0, 0.1) is 6.92 Å². The molecule has 0 N–H and O–H groups in total. The number of rotatable bonds is 5. The zero-order chi connectivity index (χ0) is 22.2. The Morgan fingerprint density at radius 1 is 1.19 bits per heavy atom. The van der Waals surface area contributed by atoms with Gasteiger partial charge in [0.2, 0.25) is 0 Å². The maximum atomic E-state index is 13.5. The van der Waals surface area contributed by atoms with Gasteiger partial charge in [-0.05, 0) is 55.9 Å². The molecule has 6 nitrogen and oxygen atoms in total. The first-order valence-corrected chi connectivity index (χ1v) is 12.6. The van der Waals surface area contributed by atoms with E-state index in [0.29, 0.717) is 28.8 Å². The minimum absolute atomic E-state index is 0.0129. The standard InChI is InChI=1S/C24H24N4O2S2/c1-3-10-28-23(30)21-17-7-5-4-6-8-18(17)32-22(21)26-24(28)31-14-16-13-20(29)27-11-9-15(2)12-19(27)25-16/h3,9,11-13H,1,4-8,10,14H2,2H3. The van der Waals surface area contributed by atoms with Gasteiger partial charge in [-0.1, -0.05) is 24.3 Å². The van der Waals surface area contributed by atoms with Crippen molar-refractivity contribution in [1.29, 1.82) is 0 Å². The van der Waals surface area contributed by atoms with Crippen LogP contribution in [0.15, 0.2) is 51.8 Å². The van der Waals surface area contributed by atoms with Gasteiger partial charge in [0.05, 0.1) is 11.1 Å². The third kappa shape index (κ3) is 3.82. The second kappa shape index (κ2) is 8.67. The first-order chi connectivity index (χ1) is 15.5. The second-order valence-corrected chi connectivity index (χ2v) is 10.2. The number of aromatic nitrogens is 4. The van der Waals surface area contributed by atoms with Crippen molar-refractivity contribution in [3.05, 3.63) is 79.5 Å². The van der Waals surface area contributed by atoms with E-state index in [2.05, 4.69) is 11.6 Å². The first kappa shape index (κ1) is 21.2. The maximum absolute atomic E-state index is 13.5. The summed E-state index contributed by atoms with van der Waals surface area (Å²) < 4.78 is 3.24. The summed E-state index contributed by atoms with van der Waals surface area (Å²) in [5.74, 6) is 0.458. The van der Waals surface area contributed by atoms with Gasteiger partial charge < -0.3 is 0 Å². The second-order valence-electron chi connectivity index (χ2n) is 8.15. The number of pyridine rings is 1. The van der Waals surface area contributed by atoms with E-state index >= 15 is 0 Å². The molecule has 5 rings (SSSR count). The van der Waals surface area contributed by atoms with E-state index in [1.807, 2.05) is 19.1 Å². The van der Waals surface area contributed by atoms with Crippen molar-refractivity contribution in [1.82, 2.24) is 18.9 Å². The lowest BCUT2D eigenvalue weighted by Crippen LogP contribution is -2.23. The molecule has 164 valence electrons. The molecule has 4 aromatic rings. The Hall–Kier alpha value is -2.71. The minimum Gasteiger partial charge on any atom is -0.283 e. The molecular formula is C24H24N4O2S2. The van der Waals surface area contributed by atoms with Gasteiger partial charge in [0.25, 0.3) is 11.1 Å². The van der Waals surface area contributed by atoms with Crippen LogP contribution >= 0.6 is 23.1 Å². The van der Waals surface area contributed by atoms with Crippen LogP contribution in [0.2, 0.25) is 0 Å². The molecule has 0 fully saturated rings. The summed E-state index contributed by atoms with van der Waals surface area (Å²) in [5, 5.41) is 1.43. The Labute approximate surface area is 193 Å². The van der Waals surface area contributed by atoms with Gasteiger partial charge in [0, 0.05) is 29.4 Å². The summed E-state index contributed by atoms with van der Waals surface area (Å²) in [4.78, 5) is 37.6. The van der Waals surface area contributed by atoms with E-state index in [1.165, 1.54) is 39.4 Å². The summed E-state index contributed by atoms with van der Waals surface area (Å²) in [6.45, 7) is 6.21. The van der Waals surface area contributed by atoms with Crippen LogP contribution in [0.3, 0.4) is 0 Å². The summed E-state index contributed by atoms with van der Waals surface area (Å²) >= 11 is 3.10. The third-order valence-corrected chi connectivity index (χ3v) is 8.02. The normalized spacial score (nSPS) is 13.9. The van der Waals surface area contributed by atoms with E-state index in [4.69, 9.17) is 4.98 Å². The molecule has 8 heteroatoms. The summed E-state index contributed by atoms with van der Waals surface area (Å²) in [7, 11) is 0. The molecule has 0 atom stereocenters. The fourth-order valence-electron chi connectivity index (χ4n) is 4.26. The van der Waals surface area contributed by atoms with Gasteiger partial charge in [-0.2, -0.15) is 0 Å². The van der Waals surface area contributed by atoms with Gasteiger partial charge in [0.1, 0.15) is 10.5 Å². The van der Waals surface area contributed by atoms with E-state index in [1.54, 1.807) is 34.2 Å². The van der Waals surface area contributed by atoms with Gasteiger partial charge >= 0.3 is 0 Å². The average Bonchev–Trinajstić information content (AvgIpc) is 2.95. The molecular weight excluding hydrogens is 440 g/mol. The quantitative estimate of drug-likeness (QED) is 0.188. The molecule has 0 saturated heterocycles. The number of aryl methyl sites for hydroxylation is 3. The lowest BCUT2D eigenvalue weighted by Gasteiger charge is -2.11. The maximum Gasteiger partial charge on any atom is 0.263 e. The highest BCUT2D eigenvalue weighted by atomic mass is 32.2. The van der Waals surface area contributed by atoms with E-state index in [0.717, 1.165) is 35.0 Å². The smallest absolute Gasteiger partial charge is 0.263 e. The molecule has 0 amide bonds. The Balaban J connectivity index is 1.54. The van der Waals surface area contributed by atoms with Crippen LogP contribution in [0.1, 0.15) is 41.0 Å². The number of allylic oxidation sites excluding steroid dienone is 1. The van der Waals surface area contributed by atoms with Crippen molar-refractivity contribution in [2.75, 3.05) is 0 Å². The number of hydrogen-bond donors (Lipinski definition) is 0. The van der Waals surface area contributed by atoms with Gasteiger partial charge in [-0.15, -0.1) is 17.9 Å². The number of fused-ring (bicyclic) bond motifs is 4. The Morgan fingerprint density at radius 2 is 2.03 bits per heavy atom. The predicted octanol–water partition coefficient (Wildman–Crippen LogP) is 4.52. The van der Waals surface area contributed by atoms with Crippen LogP contribution in [-0.2, 0) is 25.1 Å². The molecule has 1 aliphatic rings. The molecule has 0 radical (unpaired) electrons. The molecule has 4 heterocycles. The Bertz CT molecular complexity index is 1470. The minimum atomic E-state index is -0.112. The fraction of sp³-hybridized carbons (Fsp3) is 0.333. The zero-order valence-corrected chi connectivity index (χ0v) is 19.6. The van der Waals surface area contributed by atoms with Crippen LogP contribution in [0.5, 0.6) is 0 Å². The molecule has 32 heavy (non-hydrogen) atoms. The fourth-order valence-corrected chi connectivity index (χ4v) is 6.47. The Kier molecular flexibility index (Phi) is 5.73. The molecule has 0 spiro atoms. The van der Waals surface area contributed by atoms with Crippen molar-refractivity contribution >= 4 is 39.0 Å². The number of thiophene rings is 1. The molecule has 1 aliphatic carbocycles. The molecule has 0 saturated carbocycles. The van der Waals surface area contributed by atoms with Crippen LogP contribution in [0.4, 0.5) is 0 Å². The van der Waals surface area contributed by atoms with Crippen molar-refractivity contribution in [2.45, 2.75) is 56.5 Å². The average molecular weight is 465 g/mol. The lowest BCUT2D eigenvalue weighted by molar-refractivity contribution is 0.671. The summed E-state index contributed by atoms with van der Waals surface area (Å²) in [5.41, 5.74) is 3.45. The zero-order valence-electron chi connectivity index (χ0n) is 18.0. The third-order valence-electron chi connectivity index (χ3n) is 5.83. The van der Waals surface area contributed by atoms with Crippen molar-refractivity contribution in [3.8, 4) is 0 Å². The predicted molar refractivity (Wildman–Crippen MR) is 131 cm³/mol. The summed E-state index contributed by atoms with van der Waals surface area (Å²) in [6, 6.07) is 5.34. The molecule has 0 aromatic carbocycles. The first-order valence-electron chi connectivity index (χ1n) is 10.8. The molecule has 4 aromatic heterocycles. The SMILES string of the molecule is C=CCn1c(SCc2cc(=O)n3ccc(C)cc3n2)nc2sc3c(c2c1=O)CCCCC3. The molecule has 0 aliphatic heterocycles. The van der Waals surface area contributed by atoms with Crippen LogP contribution < -0.4 is 11.1 Å². The largest absolute Gasteiger partial charge is 0.283 e. The van der Waals surface area contributed by atoms with Gasteiger partial charge in [-0.25, -0.2) is 9.97 Å². The monoisotopic (exact) mass is 464 g/mol. The van der Waals surface area contributed by atoms with E-state index in [-0.39, 0.29) is 11.1 Å². The highest BCUT2D eigenvalue weighted by Crippen LogP contribution is 2.34. The molecule has 0 bridgehead atoms. The number of nitrogens with zero attached hydrogens (tertiary/aromatic N) is 4. The van der Waals surface area contributed by atoms with Crippen molar-refractivity contribution in [2.24, 2.45) is 0 Å². The van der Waals surface area contributed by atoms with Gasteiger partial charge in [-0.3, -0.25) is 18.6 Å². The van der Waals surface area contributed by atoms with Gasteiger partial charge in [0.15, 0.2) is 5.16 Å². The summed E-state index contributed by atoms with van der Waals surface area (Å²) in [6.07, 6.45) is 8.97. The van der Waals surface area contributed by atoms with E-state index < -0.39 is 0 Å². The van der Waals surface area contributed by atoms with Crippen LogP contribution in [-0.4, -0.2) is 18.9 Å². The highest BCUT2D eigenvalue weighted by molar-refractivity contribution is 7.98. The number of hydrogen-bond acceptors (Lipinski definition) is 6. The lowest BCUT2D eigenvalue weighted by atomic mass is 10.1. The van der Waals surface area contributed by atoms with Crippen molar-refractivity contribution in [3.63, 3.8) is 0 Å². The van der Waals surface area contributed by atoms with E-state index in [9.17, 15) is 9.59 Å². The topological polar surface area (TPSA) is 69.3 Å². The molecule has 0 unspecified atom stereocenters. The van der Waals surface area contributed by atoms with Crippen LogP contribution in [0.25, 0.3) is 15.9 Å². The number of thioether (sulfide) groups is 1. The van der Waals surface area contributed by atoms with Crippen molar-refractivity contribution < 1.29 is 0 Å².